The van der Waals surface area contributed by atoms with Gasteiger partial charge in [-0.3, -0.25) is 9.78 Å². The largest absolute Gasteiger partial charge is 0.478 e. The van der Waals surface area contributed by atoms with Crippen LogP contribution in [-0.4, -0.2) is 84.7 Å². The lowest BCUT2D eigenvalue weighted by Gasteiger charge is -2.22. The molecular weight excluding hydrogens is 434 g/mol. The summed E-state index contributed by atoms with van der Waals surface area (Å²) >= 11 is 0. The number of nitrogens with zero attached hydrogens (tertiary/aromatic N) is 3. The first-order valence-electron chi connectivity index (χ1n) is 10.3. The zero-order chi connectivity index (χ0) is 24.0. The predicted molar refractivity (Wildman–Crippen MR) is 117 cm³/mol. The molecule has 12 heteroatoms. The fourth-order valence-electron chi connectivity index (χ4n) is 3.24. The van der Waals surface area contributed by atoms with E-state index in [0.717, 1.165) is 31.6 Å². The summed E-state index contributed by atoms with van der Waals surface area (Å²) in [7, 11) is 0. The zero-order valence-electron chi connectivity index (χ0n) is 17.8. The van der Waals surface area contributed by atoms with Crippen LogP contribution in [0.5, 0.6) is 0 Å². The Balaban J connectivity index is 0.000000331. The Morgan fingerprint density at radius 1 is 1.21 bits per heavy atom. The second-order valence-corrected chi connectivity index (χ2v) is 7.87. The van der Waals surface area contributed by atoms with Gasteiger partial charge in [0, 0.05) is 19.4 Å². The average Bonchev–Trinajstić information content (AvgIpc) is 3.35. The highest BCUT2D eigenvalue weighted by atomic mass is 16.5. The van der Waals surface area contributed by atoms with Crippen LogP contribution in [0.4, 0.5) is 0 Å². The standard InChI is InChI=1S/C17H16N4O4.C4H11NO3/c22-15-13-2-1-11(10-3-5-25-6-4-10)7-14(13)19-17(20-15)21-9-12(8-18-21)16(23)24;5-4(1-6,2-7)3-8/h1-2,7-10H,3-6H2,(H,23,24)(H,19,20,22);6-8H,1-3,5H2. The molecule has 1 aromatic carbocycles. The van der Waals surface area contributed by atoms with Crippen molar-refractivity contribution in [3.05, 3.63) is 52.1 Å². The van der Waals surface area contributed by atoms with E-state index >= 15 is 0 Å². The summed E-state index contributed by atoms with van der Waals surface area (Å²) in [6.07, 6.45) is 4.42. The van der Waals surface area contributed by atoms with Gasteiger partial charge in [0.15, 0.2) is 0 Å². The number of hydrogen-bond acceptors (Lipinski definition) is 9. The van der Waals surface area contributed by atoms with Crippen molar-refractivity contribution in [3.8, 4) is 5.95 Å². The number of nitrogens with one attached hydrogen (secondary N) is 1. The maximum absolute atomic E-state index is 12.3. The van der Waals surface area contributed by atoms with Crippen molar-refractivity contribution in [1.29, 1.82) is 0 Å². The monoisotopic (exact) mass is 461 g/mol. The predicted octanol–water partition coefficient (Wildman–Crippen LogP) is -0.638. The van der Waals surface area contributed by atoms with Crippen molar-refractivity contribution < 1.29 is 30.0 Å². The molecule has 33 heavy (non-hydrogen) atoms. The van der Waals surface area contributed by atoms with Gasteiger partial charge in [-0.15, -0.1) is 0 Å². The van der Waals surface area contributed by atoms with Crippen LogP contribution in [0.3, 0.4) is 0 Å². The number of ether oxygens (including phenoxy) is 1. The molecule has 0 spiro atoms. The van der Waals surface area contributed by atoms with Crippen molar-refractivity contribution in [2.45, 2.75) is 24.3 Å². The normalized spacial score (nSPS) is 14.7. The molecule has 1 aliphatic rings. The number of aromatic carboxylic acids is 1. The second kappa shape index (κ2) is 10.6. The molecule has 1 fully saturated rings. The second-order valence-electron chi connectivity index (χ2n) is 7.87. The van der Waals surface area contributed by atoms with Gasteiger partial charge in [0.2, 0.25) is 5.95 Å². The number of aromatic amines is 1. The van der Waals surface area contributed by atoms with Crippen molar-refractivity contribution >= 4 is 16.9 Å². The summed E-state index contributed by atoms with van der Waals surface area (Å²) in [4.78, 5) is 30.4. The number of aliphatic hydroxyl groups is 3. The molecule has 0 unspecified atom stereocenters. The molecule has 0 aliphatic carbocycles. The number of aromatic nitrogens is 4. The highest BCUT2D eigenvalue weighted by Gasteiger charge is 2.21. The highest BCUT2D eigenvalue weighted by molar-refractivity contribution is 5.87. The Bertz CT molecular complexity index is 1140. The Morgan fingerprint density at radius 3 is 2.42 bits per heavy atom. The number of benzene rings is 1. The molecule has 0 bridgehead atoms. The van der Waals surface area contributed by atoms with Crippen LogP contribution in [0.1, 0.15) is 34.7 Å². The molecule has 3 aromatic rings. The van der Waals surface area contributed by atoms with Crippen LogP contribution in [0.15, 0.2) is 35.4 Å². The van der Waals surface area contributed by atoms with Gasteiger partial charge in [-0.05, 0) is 36.5 Å². The van der Waals surface area contributed by atoms with E-state index in [2.05, 4.69) is 15.1 Å². The smallest absolute Gasteiger partial charge is 0.338 e. The van der Waals surface area contributed by atoms with Gasteiger partial charge in [0.25, 0.3) is 5.56 Å². The minimum atomic E-state index is -1.21. The first kappa shape index (κ1) is 24.5. The van der Waals surface area contributed by atoms with Crippen molar-refractivity contribution in [2.24, 2.45) is 5.73 Å². The minimum Gasteiger partial charge on any atom is -0.478 e. The number of nitrogens with two attached hydrogens (primary N) is 1. The van der Waals surface area contributed by atoms with E-state index in [4.69, 9.17) is 30.9 Å². The number of fused-ring (bicyclic) bond motifs is 1. The van der Waals surface area contributed by atoms with Crippen molar-refractivity contribution in [3.63, 3.8) is 0 Å². The van der Waals surface area contributed by atoms with E-state index in [-0.39, 0.29) is 17.1 Å². The SMILES string of the molecule is NC(CO)(CO)CO.O=C(O)c1cnn(-c2nc3cc(C4CCOCC4)ccc3c(=O)[nH]2)c1. The molecule has 12 nitrogen and oxygen atoms in total. The summed E-state index contributed by atoms with van der Waals surface area (Å²) in [5, 5.41) is 38.5. The Labute approximate surface area is 188 Å². The summed E-state index contributed by atoms with van der Waals surface area (Å²) in [5.74, 6) is -0.503. The lowest BCUT2D eigenvalue weighted by Crippen LogP contribution is -2.50. The first-order valence-corrected chi connectivity index (χ1v) is 10.3. The fourth-order valence-corrected chi connectivity index (χ4v) is 3.24. The number of H-pyrrole nitrogens is 1. The number of rotatable bonds is 6. The number of carboxylic acids is 1. The average molecular weight is 461 g/mol. The Hall–Kier alpha value is -3.16. The number of aliphatic hydroxyl groups excluding tert-OH is 3. The van der Waals surface area contributed by atoms with Crippen LogP contribution in [-0.2, 0) is 4.74 Å². The van der Waals surface area contributed by atoms with Crippen LogP contribution in [0, 0.1) is 0 Å². The molecule has 1 aliphatic heterocycles. The lowest BCUT2D eigenvalue weighted by atomic mass is 9.91. The van der Waals surface area contributed by atoms with Crippen LogP contribution < -0.4 is 11.3 Å². The quantitative estimate of drug-likeness (QED) is 0.275. The van der Waals surface area contributed by atoms with Gasteiger partial charge in [-0.1, -0.05) is 6.07 Å². The van der Waals surface area contributed by atoms with Crippen LogP contribution >= 0.6 is 0 Å². The minimum absolute atomic E-state index is 0.0266. The third-order valence-corrected chi connectivity index (χ3v) is 5.40. The Kier molecular flexibility index (Phi) is 7.89. The number of carbonyl (C=O) groups is 1. The highest BCUT2D eigenvalue weighted by Crippen LogP contribution is 2.28. The molecule has 7 N–H and O–H groups in total. The lowest BCUT2D eigenvalue weighted by molar-refractivity contribution is 0.0692. The summed E-state index contributed by atoms with van der Waals surface area (Å²) in [5.41, 5.74) is 5.37. The first-order chi connectivity index (χ1) is 15.8. The molecule has 0 radical (unpaired) electrons. The van der Waals surface area contributed by atoms with Gasteiger partial charge >= 0.3 is 5.97 Å². The molecule has 0 saturated carbocycles. The topological polar surface area (TPSA) is 197 Å². The number of hydrogen-bond donors (Lipinski definition) is 6. The fraction of sp³-hybridized carbons (Fsp3) is 0.429. The van der Waals surface area contributed by atoms with E-state index < -0.39 is 31.3 Å². The van der Waals surface area contributed by atoms with Gasteiger partial charge in [0.05, 0.1) is 48.0 Å². The third-order valence-electron chi connectivity index (χ3n) is 5.40. The maximum atomic E-state index is 12.3. The van der Waals surface area contributed by atoms with Gasteiger partial charge in [0.1, 0.15) is 0 Å². The molecule has 1 saturated heterocycles. The molecule has 4 rings (SSSR count). The van der Waals surface area contributed by atoms with E-state index in [0.29, 0.717) is 16.8 Å². The van der Waals surface area contributed by atoms with E-state index in [1.807, 2.05) is 12.1 Å². The van der Waals surface area contributed by atoms with Crippen molar-refractivity contribution in [2.75, 3.05) is 33.0 Å². The van der Waals surface area contributed by atoms with E-state index in [1.54, 1.807) is 6.07 Å². The molecular formula is C21H27N5O7. The van der Waals surface area contributed by atoms with Crippen molar-refractivity contribution in [1.82, 2.24) is 19.7 Å². The van der Waals surface area contributed by atoms with E-state index in [9.17, 15) is 9.59 Å². The van der Waals surface area contributed by atoms with Crippen LogP contribution in [0.25, 0.3) is 16.9 Å². The summed E-state index contributed by atoms with van der Waals surface area (Å²) < 4.78 is 6.65. The third kappa shape index (κ3) is 5.80. The summed E-state index contributed by atoms with van der Waals surface area (Å²) in [6.45, 7) is 0.268. The number of carboxylic acid groups (broad SMARTS) is 1. The van der Waals surface area contributed by atoms with Gasteiger partial charge < -0.3 is 30.9 Å². The molecule has 0 amide bonds. The molecule has 0 atom stereocenters. The van der Waals surface area contributed by atoms with Crippen LogP contribution in [0.2, 0.25) is 0 Å². The molecule has 3 heterocycles. The van der Waals surface area contributed by atoms with Gasteiger partial charge in [-0.2, -0.15) is 5.10 Å². The van der Waals surface area contributed by atoms with E-state index in [1.165, 1.54) is 17.1 Å². The molecule has 178 valence electrons. The van der Waals surface area contributed by atoms with Gasteiger partial charge in [-0.25, -0.2) is 14.5 Å². The zero-order valence-corrected chi connectivity index (χ0v) is 17.8. The molecule has 2 aromatic heterocycles. The Morgan fingerprint density at radius 2 is 1.88 bits per heavy atom. The maximum Gasteiger partial charge on any atom is 0.338 e. The summed E-state index contributed by atoms with van der Waals surface area (Å²) in [6, 6.07) is 5.67.